The normalized spacial score (nSPS) is 16.9. The number of ether oxygens (including phenoxy) is 1. The van der Waals surface area contributed by atoms with Gasteiger partial charge in [-0.2, -0.15) is 0 Å². The number of carbonyl (C=O) groups excluding carboxylic acids is 4. The number of aromatic nitrogens is 1. The minimum Gasteiger partial charge on any atom is -0.459 e. The number of nitrogens with zero attached hydrogens (tertiary/aromatic N) is 4. The Balaban J connectivity index is 1.49. The fourth-order valence-corrected chi connectivity index (χ4v) is 3.88. The predicted molar refractivity (Wildman–Crippen MR) is 132 cm³/mol. The van der Waals surface area contributed by atoms with Gasteiger partial charge in [0.2, 0.25) is 5.91 Å². The first kappa shape index (κ1) is 28.4. The Kier molecular flexibility index (Phi) is 9.64. The Labute approximate surface area is 223 Å². The van der Waals surface area contributed by atoms with Gasteiger partial charge in [0, 0.05) is 17.5 Å². The lowest BCUT2D eigenvalue weighted by Crippen LogP contribution is -2.70. The summed E-state index contributed by atoms with van der Waals surface area (Å²) in [6.45, 7) is 0.873. The number of esters is 1. The zero-order valence-electron chi connectivity index (χ0n) is 19.9. The summed E-state index contributed by atoms with van der Waals surface area (Å²) in [6.07, 6.45) is 0. The molecule has 0 bridgehead atoms. The summed E-state index contributed by atoms with van der Waals surface area (Å²) in [5.41, 5.74) is 0.303. The number of rotatable bonds is 12. The molecule has 3 amide bonds. The minimum absolute atomic E-state index is 0.0944. The van der Waals surface area contributed by atoms with Crippen LogP contribution in [0.1, 0.15) is 18.2 Å². The summed E-state index contributed by atoms with van der Waals surface area (Å²) in [5, 5.41) is 21.9. The summed E-state index contributed by atoms with van der Waals surface area (Å²) in [6, 6.07) is 3.85. The second kappa shape index (κ2) is 12.9. The number of non-ortho nitro benzene ring substituents is 1. The summed E-state index contributed by atoms with van der Waals surface area (Å²) in [7, 11) is 1.23. The largest absolute Gasteiger partial charge is 0.459 e. The SMILES string of the molecule is CO/N=C(\C(=O)N[C@@H]1C(=O)N(OCC(=O)OCc2ccc([N+](=O)[O-])cc2)[C@H]1C)c1csc(NC(=O)CCl)n1. The Morgan fingerprint density at radius 2 is 2.00 bits per heavy atom. The number of hydroxylamine groups is 2. The first-order chi connectivity index (χ1) is 18.1. The molecule has 0 saturated carbocycles. The molecular weight excluding hydrogens is 548 g/mol. The third-order valence-electron chi connectivity index (χ3n) is 5.00. The van der Waals surface area contributed by atoms with Crippen LogP contribution < -0.4 is 10.6 Å². The Bertz CT molecular complexity index is 1250. The van der Waals surface area contributed by atoms with E-state index in [0.717, 1.165) is 16.4 Å². The number of oxime groups is 1. The number of β-lactam (4-membered cyclic amide) rings is 1. The summed E-state index contributed by atoms with van der Waals surface area (Å²) in [5.74, 6) is -2.90. The van der Waals surface area contributed by atoms with E-state index in [4.69, 9.17) is 26.0 Å². The molecule has 1 aliphatic rings. The van der Waals surface area contributed by atoms with Crippen molar-refractivity contribution < 1.29 is 38.5 Å². The average molecular weight is 569 g/mol. The Morgan fingerprint density at radius 3 is 2.61 bits per heavy atom. The van der Waals surface area contributed by atoms with Crippen molar-refractivity contribution in [1.82, 2.24) is 15.4 Å². The van der Waals surface area contributed by atoms with Crippen molar-refractivity contribution in [3.8, 4) is 0 Å². The Morgan fingerprint density at radius 1 is 1.29 bits per heavy atom. The lowest BCUT2D eigenvalue weighted by Gasteiger charge is -2.43. The zero-order valence-corrected chi connectivity index (χ0v) is 21.5. The molecule has 1 fully saturated rings. The molecule has 2 heterocycles. The van der Waals surface area contributed by atoms with Crippen LogP contribution in [-0.4, -0.2) is 76.1 Å². The monoisotopic (exact) mass is 568 g/mol. The van der Waals surface area contributed by atoms with Gasteiger partial charge >= 0.3 is 5.97 Å². The zero-order chi connectivity index (χ0) is 27.8. The first-order valence-electron chi connectivity index (χ1n) is 10.7. The summed E-state index contributed by atoms with van der Waals surface area (Å²) in [4.78, 5) is 72.9. The molecule has 15 nitrogen and oxygen atoms in total. The highest BCUT2D eigenvalue weighted by Crippen LogP contribution is 2.21. The van der Waals surface area contributed by atoms with E-state index in [1.54, 1.807) is 6.92 Å². The fraction of sp³-hybridized carbons (Fsp3) is 0.333. The molecule has 0 unspecified atom stereocenters. The molecule has 0 spiro atoms. The van der Waals surface area contributed by atoms with Crippen LogP contribution in [0.15, 0.2) is 34.8 Å². The van der Waals surface area contributed by atoms with Crippen LogP contribution in [-0.2, 0) is 40.2 Å². The molecule has 3 rings (SSSR count). The van der Waals surface area contributed by atoms with Gasteiger partial charge in [-0.3, -0.25) is 29.3 Å². The molecule has 2 atom stereocenters. The molecule has 1 aromatic heterocycles. The van der Waals surface area contributed by atoms with Gasteiger partial charge in [0.1, 0.15) is 31.3 Å². The van der Waals surface area contributed by atoms with Gasteiger partial charge < -0.3 is 20.2 Å². The van der Waals surface area contributed by atoms with Crippen molar-refractivity contribution in [2.24, 2.45) is 5.16 Å². The smallest absolute Gasteiger partial charge is 0.335 e. The van der Waals surface area contributed by atoms with Gasteiger partial charge in [-0.05, 0) is 24.6 Å². The van der Waals surface area contributed by atoms with Crippen molar-refractivity contribution >= 4 is 63.2 Å². The van der Waals surface area contributed by atoms with Gasteiger partial charge in [0.05, 0.1) is 11.0 Å². The van der Waals surface area contributed by atoms with Crippen LogP contribution in [0.25, 0.3) is 0 Å². The molecule has 17 heteroatoms. The standard InChI is InChI=1S/C21H21ClN6O9S/c1-11-17(25-19(31)18(26-35-2)14-10-38-21(23-14)24-15(29)7-22)20(32)27(11)37-9-16(30)36-8-12-3-5-13(6-4-12)28(33)34/h3-6,10-11,17H,7-9H2,1-2H3,(H,25,31)(H,23,24,29)/b26-18-/t11-,17-/m0/s1. The maximum absolute atomic E-state index is 12.8. The second-order valence-corrected chi connectivity index (χ2v) is 8.68. The number of halogens is 1. The Hall–Kier alpha value is -4.15. The van der Waals surface area contributed by atoms with E-state index in [-0.39, 0.29) is 34.7 Å². The maximum atomic E-state index is 12.8. The molecule has 38 heavy (non-hydrogen) atoms. The van der Waals surface area contributed by atoms with Gasteiger partial charge in [-0.15, -0.1) is 22.9 Å². The van der Waals surface area contributed by atoms with E-state index in [2.05, 4.69) is 20.8 Å². The van der Waals surface area contributed by atoms with Crippen LogP contribution >= 0.6 is 22.9 Å². The van der Waals surface area contributed by atoms with Crippen molar-refractivity contribution in [2.75, 3.05) is 24.9 Å². The second-order valence-electron chi connectivity index (χ2n) is 7.56. The third kappa shape index (κ3) is 6.99. The van der Waals surface area contributed by atoms with E-state index >= 15 is 0 Å². The van der Waals surface area contributed by atoms with E-state index in [0.29, 0.717) is 5.56 Å². The molecular formula is C21H21ClN6O9S. The van der Waals surface area contributed by atoms with Crippen LogP contribution in [0.4, 0.5) is 10.8 Å². The van der Waals surface area contributed by atoms with E-state index < -0.39 is 47.3 Å². The van der Waals surface area contributed by atoms with Crippen LogP contribution in [0.2, 0.25) is 0 Å². The number of hydrogen-bond acceptors (Lipinski definition) is 12. The molecule has 1 aliphatic heterocycles. The van der Waals surface area contributed by atoms with Crippen LogP contribution in [0.5, 0.6) is 0 Å². The van der Waals surface area contributed by atoms with Crippen molar-refractivity contribution in [2.45, 2.75) is 25.6 Å². The number of alkyl halides is 1. The molecule has 0 aliphatic carbocycles. The average Bonchev–Trinajstić information content (AvgIpc) is 3.36. The number of hydrogen-bond donors (Lipinski definition) is 2. The van der Waals surface area contributed by atoms with Gasteiger partial charge in [0.15, 0.2) is 17.5 Å². The minimum atomic E-state index is -0.977. The number of nitro benzene ring substituents is 1. The predicted octanol–water partition coefficient (Wildman–Crippen LogP) is 0.970. The first-order valence-corrected chi connectivity index (χ1v) is 12.1. The number of anilines is 1. The fourth-order valence-electron chi connectivity index (χ4n) is 3.10. The molecule has 1 aromatic carbocycles. The number of amides is 3. The lowest BCUT2D eigenvalue weighted by atomic mass is 10.00. The number of carbonyl (C=O) groups is 4. The van der Waals surface area contributed by atoms with Crippen molar-refractivity contribution in [3.63, 3.8) is 0 Å². The molecule has 1 saturated heterocycles. The third-order valence-corrected chi connectivity index (χ3v) is 6.00. The maximum Gasteiger partial charge on any atom is 0.335 e. The van der Waals surface area contributed by atoms with Crippen LogP contribution in [0, 0.1) is 10.1 Å². The van der Waals surface area contributed by atoms with E-state index in [1.165, 1.54) is 36.8 Å². The molecule has 2 aromatic rings. The van der Waals surface area contributed by atoms with Gasteiger partial charge in [-0.1, -0.05) is 5.16 Å². The van der Waals surface area contributed by atoms with Crippen LogP contribution in [0.3, 0.4) is 0 Å². The number of benzene rings is 1. The van der Waals surface area contributed by atoms with E-state index in [9.17, 15) is 29.3 Å². The number of nitro groups is 1. The lowest BCUT2D eigenvalue weighted by molar-refractivity contribution is -0.384. The molecule has 2 N–H and O–H groups in total. The van der Waals surface area contributed by atoms with Crippen molar-refractivity contribution in [3.05, 3.63) is 51.0 Å². The highest BCUT2D eigenvalue weighted by atomic mass is 35.5. The molecule has 202 valence electrons. The summed E-state index contributed by atoms with van der Waals surface area (Å²) >= 11 is 6.49. The van der Waals surface area contributed by atoms with Crippen molar-refractivity contribution in [1.29, 1.82) is 0 Å². The summed E-state index contributed by atoms with van der Waals surface area (Å²) < 4.78 is 5.04. The molecule has 0 radical (unpaired) electrons. The van der Waals surface area contributed by atoms with E-state index in [1.807, 2.05) is 0 Å². The quantitative estimate of drug-likeness (QED) is 0.0930. The van der Waals surface area contributed by atoms with Gasteiger partial charge in [0.25, 0.3) is 17.5 Å². The highest BCUT2D eigenvalue weighted by Gasteiger charge is 2.47. The topological polar surface area (TPSA) is 192 Å². The highest BCUT2D eigenvalue weighted by molar-refractivity contribution is 7.14. The number of thiazole rings is 1. The van der Waals surface area contributed by atoms with Gasteiger partial charge in [-0.25, -0.2) is 14.8 Å². The number of nitrogens with one attached hydrogen (secondary N) is 2.